The lowest BCUT2D eigenvalue weighted by Gasteiger charge is -2.37. The number of carbonyl (C=O) groups excluding carboxylic acids is 1. The summed E-state index contributed by atoms with van der Waals surface area (Å²) < 4.78 is 17.8. The maximum Gasteiger partial charge on any atom is 0.255 e. The van der Waals surface area contributed by atoms with Crippen molar-refractivity contribution < 1.29 is 24.1 Å². The van der Waals surface area contributed by atoms with Crippen LogP contribution in [0.1, 0.15) is 29.2 Å². The zero-order chi connectivity index (χ0) is 27.8. The summed E-state index contributed by atoms with van der Waals surface area (Å²) in [5, 5.41) is 13.0. The molecule has 0 saturated carbocycles. The number of morpholine rings is 1. The first kappa shape index (κ1) is 27.2. The lowest BCUT2D eigenvalue weighted by atomic mass is 9.81. The highest BCUT2D eigenvalue weighted by molar-refractivity contribution is 6.01. The van der Waals surface area contributed by atoms with Gasteiger partial charge in [0.15, 0.2) is 22.4 Å². The topological polar surface area (TPSA) is 131 Å². The van der Waals surface area contributed by atoms with Crippen LogP contribution in [0.4, 0.5) is 5.69 Å². The summed E-state index contributed by atoms with van der Waals surface area (Å²) in [6.07, 6.45) is 0.0209. The fourth-order valence-corrected chi connectivity index (χ4v) is 5.05. The van der Waals surface area contributed by atoms with Crippen molar-refractivity contribution in [2.24, 2.45) is 10.1 Å². The van der Waals surface area contributed by atoms with Crippen molar-refractivity contribution >= 4 is 17.5 Å². The molecular weight excluding hydrogens is 510 g/mol. The van der Waals surface area contributed by atoms with Crippen molar-refractivity contribution in [2.75, 3.05) is 39.5 Å². The van der Waals surface area contributed by atoms with E-state index < -0.39 is 11.6 Å². The maximum absolute atomic E-state index is 14.5. The van der Waals surface area contributed by atoms with Crippen molar-refractivity contribution in [1.29, 1.82) is 5.53 Å². The molecule has 10 heteroatoms. The molecule has 0 unspecified atom stereocenters. The lowest BCUT2D eigenvalue weighted by molar-refractivity contribution is -0.143. The van der Waals surface area contributed by atoms with Crippen LogP contribution in [0.3, 0.4) is 0 Å². The molecule has 3 aromatic carbocycles. The number of nitrogens with zero attached hydrogens (tertiary/aromatic N) is 4. The Hall–Kier alpha value is -4.37. The molecular formula is C30H32N5O5+. The summed E-state index contributed by atoms with van der Waals surface area (Å²) in [7, 11) is 0. The summed E-state index contributed by atoms with van der Waals surface area (Å²) >= 11 is 0. The first-order valence-electron chi connectivity index (χ1n) is 13.3. The van der Waals surface area contributed by atoms with Gasteiger partial charge in [-0.2, -0.15) is 0 Å². The number of carbonyl (C=O) groups is 1. The summed E-state index contributed by atoms with van der Waals surface area (Å²) in [5.74, 6) is 0.844. The second-order valence-electron chi connectivity index (χ2n) is 9.61. The van der Waals surface area contributed by atoms with E-state index in [1.54, 1.807) is 11.0 Å². The summed E-state index contributed by atoms with van der Waals surface area (Å²) in [4.78, 5) is 24.7. The summed E-state index contributed by atoms with van der Waals surface area (Å²) in [6, 6.07) is 24.4. The molecule has 5 rings (SSSR count). The minimum atomic E-state index is -1.34. The van der Waals surface area contributed by atoms with Gasteiger partial charge in [0.25, 0.3) is 5.91 Å². The van der Waals surface area contributed by atoms with E-state index in [4.69, 9.17) is 29.8 Å². The molecule has 2 atom stereocenters. The molecule has 2 aliphatic rings. The molecule has 2 N–H and O–H groups in total. The van der Waals surface area contributed by atoms with Gasteiger partial charge in [-0.1, -0.05) is 48.5 Å². The highest BCUT2D eigenvalue weighted by Crippen LogP contribution is 2.46. The van der Waals surface area contributed by atoms with E-state index in [-0.39, 0.29) is 12.5 Å². The van der Waals surface area contributed by atoms with Gasteiger partial charge in [-0.05, 0) is 35.9 Å². The van der Waals surface area contributed by atoms with Gasteiger partial charge >= 0.3 is 0 Å². The van der Waals surface area contributed by atoms with E-state index in [9.17, 15) is 4.79 Å². The molecule has 2 heterocycles. The molecule has 3 aromatic rings. The van der Waals surface area contributed by atoms with E-state index >= 15 is 0 Å². The predicted octanol–water partition coefficient (Wildman–Crippen LogP) is 3.99. The highest BCUT2D eigenvalue weighted by atomic mass is 16.5. The predicted molar refractivity (Wildman–Crippen MR) is 148 cm³/mol. The van der Waals surface area contributed by atoms with E-state index in [1.165, 1.54) is 0 Å². The van der Waals surface area contributed by atoms with Crippen molar-refractivity contribution in [3.63, 3.8) is 0 Å². The summed E-state index contributed by atoms with van der Waals surface area (Å²) in [6.45, 7) is 2.30. The van der Waals surface area contributed by atoms with E-state index in [0.717, 1.165) is 5.56 Å². The Balaban J connectivity index is 1.62. The molecule has 2 aliphatic heterocycles. The van der Waals surface area contributed by atoms with Crippen LogP contribution >= 0.6 is 0 Å². The third-order valence-electron chi connectivity index (χ3n) is 7.00. The van der Waals surface area contributed by atoms with Crippen LogP contribution in [0.15, 0.2) is 89.0 Å². The number of hydrogen-bond donors (Lipinski definition) is 2. The monoisotopic (exact) mass is 542 g/mol. The Kier molecular flexibility index (Phi) is 8.61. The quantitative estimate of drug-likeness (QED) is 0.227. The Morgan fingerprint density at radius 3 is 2.52 bits per heavy atom. The standard InChI is InChI=1S/C30H32N5O5/c31-34-33-26-10-5-4-9-25(26)27-30(21-22-7-2-1-3-8-22,29(37)35-15-19-38-20-16-35)32-28(40-27)23-11-13-24(14-12-23)39-18-6-17-36/h1-5,7-14,27,31,36H,6,15-21H2/q+1/t27-,30-/m0/s1. The number of amides is 1. The molecule has 206 valence electrons. The zero-order valence-electron chi connectivity index (χ0n) is 22.1. The van der Waals surface area contributed by atoms with Crippen LogP contribution in [-0.4, -0.2) is 66.9 Å². The largest absolute Gasteiger partial charge is 0.494 e. The maximum atomic E-state index is 14.5. The third-order valence-corrected chi connectivity index (χ3v) is 7.00. The van der Waals surface area contributed by atoms with Gasteiger partial charge in [0.2, 0.25) is 10.8 Å². The molecule has 10 nitrogen and oxygen atoms in total. The Labute approximate surface area is 232 Å². The van der Waals surface area contributed by atoms with E-state index in [1.807, 2.05) is 72.8 Å². The van der Waals surface area contributed by atoms with Gasteiger partial charge in [0.05, 0.1) is 19.8 Å². The van der Waals surface area contributed by atoms with Gasteiger partial charge < -0.3 is 24.2 Å². The highest BCUT2D eigenvalue weighted by Gasteiger charge is 2.55. The number of aliphatic imine (C=N–C) groups is 1. The second-order valence-corrected chi connectivity index (χ2v) is 9.61. The van der Waals surface area contributed by atoms with Crippen molar-refractivity contribution in [3.05, 3.63) is 95.6 Å². The van der Waals surface area contributed by atoms with Crippen LogP contribution in [0.2, 0.25) is 0 Å². The smallest absolute Gasteiger partial charge is 0.255 e. The normalized spacial score (nSPS) is 20.3. The number of rotatable bonds is 10. The number of aliphatic hydroxyl groups excluding tert-OH is 1. The van der Waals surface area contributed by atoms with Crippen molar-refractivity contribution in [3.8, 4) is 5.75 Å². The van der Waals surface area contributed by atoms with E-state index in [0.29, 0.717) is 74.2 Å². The van der Waals surface area contributed by atoms with Gasteiger partial charge in [-0.25, -0.2) is 4.99 Å². The molecule has 0 aliphatic carbocycles. The molecule has 40 heavy (non-hydrogen) atoms. The Morgan fingerprint density at radius 2 is 1.80 bits per heavy atom. The number of nitrogens with one attached hydrogen (secondary N) is 1. The van der Waals surface area contributed by atoms with Crippen molar-refractivity contribution in [1.82, 2.24) is 9.81 Å². The van der Waals surface area contributed by atoms with Gasteiger partial charge in [-0.3, -0.25) is 4.79 Å². The van der Waals surface area contributed by atoms with Gasteiger partial charge in [0, 0.05) is 43.7 Å². The SMILES string of the molecule is N=[N+]=Nc1ccccc1[C@@H]1OC(c2ccc(OCCCO)cc2)=N[C@]1(Cc1ccccc1)C(=O)N1CCOCC1. The first-order chi connectivity index (χ1) is 19.6. The second kappa shape index (κ2) is 12.7. The fourth-order valence-electron chi connectivity index (χ4n) is 5.05. The first-order valence-corrected chi connectivity index (χ1v) is 13.3. The lowest BCUT2D eigenvalue weighted by Crippen LogP contribution is -2.54. The minimum absolute atomic E-state index is 0.0616. The minimum Gasteiger partial charge on any atom is -0.494 e. The Morgan fingerprint density at radius 1 is 1.07 bits per heavy atom. The molecule has 0 bridgehead atoms. The molecule has 1 fully saturated rings. The van der Waals surface area contributed by atoms with Crippen LogP contribution in [0.5, 0.6) is 5.75 Å². The average molecular weight is 543 g/mol. The average Bonchev–Trinajstić information content (AvgIpc) is 3.38. The van der Waals surface area contributed by atoms with Crippen LogP contribution < -0.4 is 9.65 Å². The van der Waals surface area contributed by atoms with Crippen LogP contribution in [0, 0.1) is 5.53 Å². The van der Waals surface area contributed by atoms with Crippen LogP contribution in [-0.2, 0) is 20.7 Å². The van der Waals surface area contributed by atoms with Crippen molar-refractivity contribution in [2.45, 2.75) is 24.5 Å². The van der Waals surface area contributed by atoms with E-state index in [2.05, 4.69) is 10.0 Å². The molecule has 1 amide bonds. The number of benzene rings is 3. The molecule has 1 saturated heterocycles. The number of aliphatic hydroxyl groups is 1. The number of hydrogen-bond acceptors (Lipinski definition) is 8. The molecule has 0 aromatic heterocycles. The fraction of sp³-hybridized carbons (Fsp3) is 0.333. The zero-order valence-corrected chi connectivity index (χ0v) is 22.1. The van der Waals surface area contributed by atoms with Gasteiger partial charge in [0.1, 0.15) is 11.3 Å². The summed E-state index contributed by atoms with van der Waals surface area (Å²) in [5.41, 5.74) is 8.73. The van der Waals surface area contributed by atoms with Gasteiger partial charge in [-0.15, -0.1) is 0 Å². The molecule has 0 spiro atoms. The number of ether oxygens (including phenoxy) is 3. The van der Waals surface area contributed by atoms with Crippen LogP contribution in [0.25, 0.3) is 0 Å². The molecule has 0 radical (unpaired) electrons. The Bertz CT molecular complexity index is 1390. The third kappa shape index (κ3) is 5.79.